The van der Waals surface area contributed by atoms with Crippen molar-refractivity contribution in [1.82, 2.24) is 5.32 Å². The summed E-state index contributed by atoms with van der Waals surface area (Å²) in [6, 6.07) is 14.5. The van der Waals surface area contributed by atoms with Gasteiger partial charge in [-0.15, -0.1) is 11.8 Å². The normalized spacial score (nSPS) is 19.4. The van der Waals surface area contributed by atoms with Crippen LogP contribution < -0.4 is 5.32 Å². The number of fused-ring (bicyclic) bond motifs is 3. The number of thioether (sulfide) groups is 1. The van der Waals surface area contributed by atoms with Crippen LogP contribution in [-0.4, -0.2) is 33.9 Å². The van der Waals surface area contributed by atoms with Crippen molar-refractivity contribution < 1.29 is 19.8 Å². The lowest BCUT2D eigenvalue weighted by molar-refractivity contribution is -0.140. The van der Waals surface area contributed by atoms with E-state index in [9.17, 15) is 19.8 Å². The molecule has 3 N–H and O–H groups in total. The molecule has 25 heavy (non-hydrogen) atoms. The number of carboxylic acid groups (broad SMARTS) is 1. The van der Waals surface area contributed by atoms with Gasteiger partial charge in [0.05, 0.1) is 11.4 Å². The third-order valence-electron chi connectivity index (χ3n) is 4.24. The van der Waals surface area contributed by atoms with Crippen molar-refractivity contribution in [1.29, 1.82) is 0 Å². The van der Waals surface area contributed by atoms with E-state index < -0.39 is 18.1 Å². The Morgan fingerprint density at radius 3 is 2.24 bits per heavy atom. The molecule has 1 aliphatic rings. The van der Waals surface area contributed by atoms with Crippen LogP contribution in [0.2, 0.25) is 0 Å². The van der Waals surface area contributed by atoms with Crippen LogP contribution in [0.1, 0.15) is 29.4 Å². The molecule has 2 aromatic carbocycles. The number of benzene rings is 2. The Labute approximate surface area is 150 Å². The molecule has 0 aliphatic heterocycles. The highest BCUT2D eigenvalue weighted by atomic mass is 32.2. The SMILES string of the molecule is CC(=O)N[C@@H](CSC1c2ccccc2-c2ccccc2C1O)C(=O)O. The van der Waals surface area contributed by atoms with E-state index in [1.165, 1.54) is 18.7 Å². The number of aliphatic hydroxyl groups excluding tert-OH is 1. The largest absolute Gasteiger partial charge is 0.480 e. The first-order valence-corrected chi connectivity index (χ1v) is 9.01. The summed E-state index contributed by atoms with van der Waals surface area (Å²) in [6.45, 7) is 1.29. The van der Waals surface area contributed by atoms with Crippen LogP contribution in [0.5, 0.6) is 0 Å². The number of hydrogen-bond donors (Lipinski definition) is 3. The lowest BCUT2D eigenvalue weighted by Crippen LogP contribution is -2.41. The van der Waals surface area contributed by atoms with E-state index in [2.05, 4.69) is 5.32 Å². The predicted octanol–water partition coefficient (Wildman–Crippen LogP) is 2.76. The van der Waals surface area contributed by atoms with E-state index in [-0.39, 0.29) is 16.9 Å². The van der Waals surface area contributed by atoms with Gasteiger partial charge in [0.25, 0.3) is 0 Å². The molecule has 0 aromatic heterocycles. The first kappa shape index (κ1) is 17.5. The molecule has 6 heteroatoms. The second kappa shape index (κ2) is 7.29. The highest BCUT2D eigenvalue weighted by Gasteiger charge is 2.33. The van der Waals surface area contributed by atoms with Crippen molar-refractivity contribution >= 4 is 23.6 Å². The lowest BCUT2D eigenvalue weighted by Gasteiger charge is -2.32. The smallest absolute Gasteiger partial charge is 0.327 e. The molecule has 0 spiro atoms. The van der Waals surface area contributed by atoms with Crippen LogP contribution >= 0.6 is 11.8 Å². The van der Waals surface area contributed by atoms with Crippen LogP contribution in [0.25, 0.3) is 11.1 Å². The van der Waals surface area contributed by atoms with Crippen molar-refractivity contribution in [3.05, 3.63) is 59.7 Å². The third-order valence-corrected chi connectivity index (χ3v) is 5.64. The highest BCUT2D eigenvalue weighted by molar-refractivity contribution is 7.99. The lowest BCUT2D eigenvalue weighted by atomic mass is 9.83. The van der Waals surface area contributed by atoms with E-state index in [4.69, 9.17) is 0 Å². The minimum atomic E-state index is -1.08. The molecule has 3 rings (SSSR count). The monoisotopic (exact) mass is 357 g/mol. The van der Waals surface area contributed by atoms with Gasteiger partial charge in [-0.25, -0.2) is 4.79 Å². The zero-order valence-corrected chi connectivity index (χ0v) is 14.5. The van der Waals surface area contributed by atoms with Crippen LogP contribution in [0.3, 0.4) is 0 Å². The van der Waals surface area contributed by atoms with Gasteiger partial charge in [-0.3, -0.25) is 4.79 Å². The molecule has 130 valence electrons. The van der Waals surface area contributed by atoms with Gasteiger partial charge in [0.15, 0.2) is 0 Å². The second-order valence-corrected chi connectivity index (χ2v) is 7.14. The molecule has 3 atom stereocenters. The Morgan fingerprint density at radius 2 is 1.64 bits per heavy atom. The Bertz CT molecular complexity index is 808. The molecule has 0 bridgehead atoms. The number of carbonyl (C=O) groups is 2. The minimum Gasteiger partial charge on any atom is -0.480 e. The topological polar surface area (TPSA) is 86.6 Å². The molecule has 0 radical (unpaired) electrons. The number of aliphatic carboxylic acids is 1. The summed E-state index contributed by atoms with van der Waals surface area (Å²) >= 11 is 1.34. The maximum atomic E-state index is 11.3. The van der Waals surface area contributed by atoms with Gasteiger partial charge >= 0.3 is 5.97 Å². The van der Waals surface area contributed by atoms with Crippen molar-refractivity contribution in [2.24, 2.45) is 0 Å². The van der Waals surface area contributed by atoms with E-state index in [0.29, 0.717) is 0 Å². The molecule has 0 heterocycles. The summed E-state index contributed by atoms with van der Waals surface area (Å²) < 4.78 is 0. The Balaban J connectivity index is 1.89. The van der Waals surface area contributed by atoms with Gasteiger partial charge in [-0.1, -0.05) is 48.5 Å². The van der Waals surface area contributed by atoms with Gasteiger partial charge < -0.3 is 15.5 Å². The fourth-order valence-corrected chi connectivity index (χ4v) is 4.46. The second-order valence-electron chi connectivity index (χ2n) is 5.96. The van der Waals surface area contributed by atoms with Crippen LogP contribution in [0.4, 0.5) is 0 Å². The van der Waals surface area contributed by atoms with Crippen molar-refractivity contribution in [3.8, 4) is 11.1 Å². The average Bonchev–Trinajstić information content (AvgIpc) is 2.60. The van der Waals surface area contributed by atoms with Crippen LogP contribution in [-0.2, 0) is 9.59 Å². The zero-order valence-electron chi connectivity index (χ0n) is 13.7. The number of carboxylic acids is 1. The first-order valence-electron chi connectivity index (χ1n) is 7.97. The number of nitrogens with one attached hydrogen (secondary N) is 1. The van der Waals surface area contributed by atoms with Crippen molar-refractivity contribution in [3.63, 3.8) is 0 Å². The molecule has 1 aliphatic carbocycles. The van der Waals surface area contributed by atoms with Gasteiger partial charge in [0, 0.05) is 12.7 Å². The fourth-order valence-electron chi connectivity index (χ4n) is 3.12. The number of rotatable bonds is 5. The summed E-state index contributed by atoms with van der Waals surface area (Å²) in [5.74, 6) is -1.29. The molecular formula is C19H19NO4S. The molecule has 0 fully saturated rings. The molecule has 0 saturated heterocycles. The summed E-state index contributed by atoms with van der Waals surface area (Å²) in [5, 5.41) is 22.3. The Kier molecular flexibility index (Phi) is 5.11. The molecular weight excluding hydrogens is 338 g/mol. The van der Waals surface area contributed by atoms with Gasteiger partial charge in [0.2, 0.25) is 5.91 Å². The summed E-state index contributed by atoms with van der Waals surface area (Å²) in [7, 11) is 0. The molecule has 2 unspecified atom stereocenters. The number of aliphatic hydroxyl groups is 1. The van der Waals surface area contributed by atoms with Crippen LogP contribution in [0, 0.1) is 0 Å². The highest BCUT2D eigenvalue weighted by Crippen LogP contribution is 2.50. The van der Waals surface area contributed by atoms with Crippen molar-refractivity contribution in [2.75, 3.05) is 5.75 Å². The maximum Gasteiger partial charge on any atom is 0.327 e. The molecule has 0 saturated carbocycles. The van der Waals surface area contributed by atoms with Gasteiger partial charge in [-0.05, 0) is 22.3 Å². The molecule has 5 nitrogen and oxygen atoms in total. The number of amides is 1. The fraction of sp³-hybridized carbons (Fsp3) is 0.263. The van der Waals surface area contributed by atoms with E-state index >= 15 is 0 Å². The van der Waals surface area contributed by atoms with E-state index in [1.807, 2.05) is 48.5 Å². The van der Waals surface area contributed by atoms with Gasteiger partial charge in [-0.2, -0.15) is 0 Å². The van der Waals surface area contributed by atoms with Gasteiger partial charge in [0.1, 0.15) is 6.04 Å². The first-order chi connectivity index (χ1) is 12.0. The summed E-state index contributed by atoms with van der Waals surface area (Å²) in [6.07, 6.45) is -0.733. The molecule has 1 amide bonds. The Morgan fingerprint density at radius 1 is 1.08 bits per heavy atom. The minimum absolute atomic E-state index is 0.174. The summed E-state index contributed by atoms with van der Waals surface area (Å²) in [4.78, 5) is 22.5. The standard InChI is InChI=1S/C19H19NO4S/c1-11(21)20-16(19(23)24)10-25-18-15-9-5-3-7-13(15)12-6-2-4-8-14(12)17(18)22/h2-9,16-18,22H,10H2,1H3,(H,20,21)(H,23,24)/t16-,17?,18?/m0/s1. The van der Waals surface area contributed by atoms with Crippen molar-refractivity contribution in [2.45, 2.75) is 24.3 Å². The number of carbonyl (C=O) groups excluding carboxylic acids is 1. The average molecular weight is 357 g/mol. The van der Waals surface area contributed by atoms with Crippen LogP contribution in [0.15, 0.2) is 48.5 Å². The Hall–Kier alpha value is -2.31. The van der Waals surface area contributed by atoms with E-state index in [0.717, 1.165) is 22.3 Å². The zero-order chi connectivity index (χ0) is 18.0. The molecule has 2 aromatic rings. The van der Waals surface area contributed by atoms with E-state index in [1.54, 1.807) is 0 Å². The maximum absolute atomic E-state index is 11.3. The third kappa shape index (κ3) is 3.55. The quantitative estimate of drug-likeness (QED) is 0.766. The predicted molar refractivity (Wildman–Crippen MR) is 97.3 cm³/mol. The summed E-state index contributed by atoms with van der Waals surface area (Å²) in [5.41, 5.74) is 3.86. The number of hydrogen-bond acceptors (Lipinski definition) is 4.